The van der Waals surface area contributed by atoms with Crippen molar-refractivity contribution in [2.45, 2.75) is 62.8 Å². The van der Waals surface area contributed by atoms with E-state index in [4.69, 9.17) is 9.47 Å². The van der Waals surface area contributed by atoms with E-state index in [0.717, 1.165) is 51.6 Å². The van der Waals surface area contributed by atoms with Crippen LogP contribution in [0.5, 0.6) is 0 Å². The van der Waals surface area contributed by atoms with E-state index in [-0.39, 0.29) is 24.5 Å². The highest BCUT2D eigenvalue weighted by Gasteiger charge is 2.53. The summed E-state index contributed by atoms with van der Waals surface area (Å²) >= 11 is 1.41. The minimum absolute atomic E-state index is 0.0864. The van der Waals surface area contributed by atoms with Crippen molar-refractivity contribution >= 4 is 23.2 Å². The van der Waals surface area contributed by atoms with Crippen molar-refractivity contribution in [1.29, 1.82) is 0 Å². The number of nitrogens with one attached hydrogen (secondary N) is 1. The molecule has 6 nitrogen and oxygen atoms in total. The van der Waals surface area contributed by atoms with Crippen LogP contribution in [-0.2, 0) is 14.3 Å². The molecule has 0 bridgehead atoms. The topological polar surface area (TPSA) is 67.9 Å². The van der Waals surface area contributed by atoms with Crippen LogP contribution in [0.25, 0.3) is 0 Å². The molecule has 0 unspecified atom stereocenters. The van der Waals surface area contributed by atoms with E-state index in [1.165, 1.54) is 11.3 Å². The molecule has 2 amide bonds. The number of carbonyl (C=O) groups excluding carboxylic acids is 2. The van der Waals surface area contributed by atoms with Crippen LogP contribution in [-0.4, -0.2) is 54.3 Å². The van der Waals surface area contributed by atoms with Gasteiger partial charge in [-0.15, -0.1) is 11.3 Å². The summed E-state index contributed by atoms with van der Waals surface area (Å²) in [6, 6.07) is 3.13. The quantitative estimate of drug-likeness (QED) is 0.874. The predicted molar refractivity (Wildman–Crippen MR) is 98.0 cm³/mol. The highest BCUT2D eigenvalue weighted by atomic mass is 32.1. The van der Waals surface area contributed by atoms with Crippen molar-refractivity contribution in [3.05, 3.63) is 22.4 Å². The van der Waals surface area contributed by atoms with Gasteiger partial charge in [0.2, 0.25) is 5.91 Å². The van der Waals surface area contributed by atoms with Crippen LogP contribution in [0.15, 0.2) is 17.5 Å². The molecule has 0 radical (unpaired) electrons. The fourth-order valence-electron chi connectivity index (χ4n) is 4.33. The monoisotopic (exact) mass is 378 g/mol. The molecule has 1 spiro atoms. The number of ether oxygens (including phenoxy) is 2. The number of nitrogens with zero attached hydrogens (tertiary/aromatic N) is 1. The van der Waals surface area contributed by atoms with Crippen molar-refractivity contribution in [2.24, 2.45) is 0 Å². The molecule has 26 heavy (non-hydrogen) atoms. The van der Waals surface area contributed by atoms with Gasteiger partial charge in [-0.05, 0) is 50.0 Å². The molecule has 2 atom stereocenters. The van der Waals surface area contributed by atoms with Crippen molar-refractivity contribution in [1.82, 2.24) is 10.2 Å². The third kappa shape index (κ3) is 3.40. The zero-order valence-electron chi connectivity index (χ0n) is 14.9. The second-order valence-electron chi connectivity index (χ2n) is 7.37. The largest absolute Gasteiger partial charge is 0.376 e. The van der Waals surface area contributed by atoms with Gasteiger partial charge in [-0.1, -0.05) is 12.5 Å². The molecule has 4 rings (SSSR count). The molecule has 0 aromatic carbocycles. The van der Waals surface area contributed by atoms with Crippen molar-refractivity contribution in [3.63, 3.8) is 0 Å². The molecule has 3 fully saturated rings. The molecule has 7 heteroatoms. The number of amides is 2. The summed E-state index contributed by atoms with van der Waals surface area (Å²) in [6.07, 6.45) is 6.92. The molecule has 2 aliphatic heterocycles. The van der Waals surface area contributed by atoms with E-state index in [9.17, 15) is 9.59 Å². The molecule has 3 aliphatic rings. The van der Waals surface area contributed by atoms with Gasteiger partial charge in [0, 0.05) is 13.2 Å². The molecule has 1 aromatic rings. The summed E-state index contributed by atoms with van der Waals surface area (Å²) in [7, 11) is 0. The van der Waals surface area contributed by atoms with Gasteiger partial charge in [-0.2, -0.15) is 0 Å². The zero-order chi connectivity index (χ0) is 18.0. The summed E-state index contributed by atoms with van der Waals surface area (Å²) in [5.41, 5.74) is -0.620. The lowest BCUT2D eigenvalue weighted by atomic mass is 9.90. The van der Waals surface area contributed by atoms with Crippen LogP contribution >= 0.6 is 11.3 Å². The second kappa shape index (κ2) is 7.66. The molecule has 1 saturated carbocycles. The van der Waals surface area contributed by atoms with E-state index < -0.39 is 11.8 Å². The summed E-state index contributed by atoms with van der Waals surface area (Å²) in [5, 5.41) is 4.88. The van der Waals surface area contributed by atoms with E-state index >= 15 is 0 Å². The first-order valence-electron chi connectivity index (χ1n) is 9.60. The first-order chi connectivity index (χ1) is 12.7. The molecular formula is C19H26N2O4S. The normalized spacial score (nSPS) is 27.8. The van der Waals surface area contributed by atoms with E-state index in [0.29, 0.717) is 11.4 Å². The lowest BCUT2D eigenvalue weighted by Crippen LogP contribution is -2.56. The van der Waals surface area contributed by atoms with Gasteiger partial charge in [0.1, 0.15) is 11.8 Å². The fourth-order valence-corrected chi connectivity index (χ4v) is 4.99. The van der Waals surface area contributed by atoms with Crippen LogP contribution < -0.4 is 5.32 Å². The fraction of sp³-hybridized carbons (Fsp3) is 0.684. The number of hydrogen-bond donors (Lipinski definition) is 1. The highest BCUT2D eigenvalue weighted by molar-refractivity contribution is 7.12. The second-order valence-corrected chi connectivity index (χ2v) is 8.31. The van der Waals surface area contributed by atoms with Gasteiger partial charge >= 0.3 is 0 Å². The summed E-state index contributed by atoms with van der Waals surface area (Å²) in [4.78, 5) is 28.5. The summed E-state index contributed by atoms with van der Waals surface area (Å²) in [5.74, 6) is -0.218. The van der Waals surface area contributed by atoms with E-state index in [2.05, 4.69) is 5.32 Å². The lowest BCUT2D eigenvalue weighted by Gasteiger charge is -2.41. The summed E-state index contributed by atoms with van der Waals surface area (Å²) in [6.45, 7) is 1.54. The maximum Gasteiger partial charge on any atom is 0.266 e. The van der Waals surface area contributed by atoms with Crippen molar-refractivity contribution in [2.75, 3.05) is 19.8 Å². The molecular weight excluding hydrogens is 352 g/mol. The Morgan fingerprint density at radius 3 is 2.81 bits per heavy atom. The summed E-state index contributed by atoms with van der Waals surface area (Å²) < 4.78 is 11.7. The molecule has 1 aliphatic carbocycles. The first kappa shape index (κ1) is 17.9. The van der Waals surface area contributed by atoms with Crippen LogP contribution in [0.2, 0.25) is 0 Å². The van der Waals surface area contributed by atoms with Gasteiger partial charge in [-0.3, -0.25) is 14.5 Å². The Bertz CT molecular complexity index is 636. The Balaban J connectivity index is 1.52. The van der Waals surface area contributed by atoms with Gasteiger partial charge in [0.25, 0.3) is 5.91 Å². The van der Waals surface area contributed by atoms with Gasteiger partial charge < -0.3 is 14.8 Å². The Hall–Kier alpha value is -1.44. The molecule has 3 heterocycles. The maximum atomic E-state index is 13.2. The van der Waals surface area contributed by atoms with Gasteiger partial charge in [0.15, 0.2) is 0 Å². The number of hydrogen-bond acceptors (Lipinski definition) is 5. The van der Waals surface area contributed by atoms with Crippen LogP contribution in [0.4, 0.5) is 0 Å². The Morgan fingerprint density at radius 2 is 2.12 bits per heavy atom. The molecule has 1 aromatic heterocycles. The van der Waals surface area contributed by atoms with Crippen LogP contribution in [0, 0.1) is 0 Å². The number of thiophene rings is 1. The Kier molecular flexibility index (Phi) is 5.29. The minimum Gasteiger partial charge on any atom is -0.376 e. The van der Waals surface area contributed by atoms with Crippen LogP contribution in [0.3, 0.4) is 0 Å². The Morgan fingerprint density at radius 1 is 1.27 bits per heavy atom. The first-order valence-corrected chi connectivity index (χ1v) is 10.5. The maximum absolute atomic E-state index is 13.2. The smallest absolute Gasteiger partial charge is 0.266 e. The van der Waals surface area contributed by atoms with E-state index in [1.54, 1.807) is 4.90 Å². The van der Waals surface area contributed by atoms with Gasteiger partial charge in [0.05, 0.1) is 17.6 Å². The average Bonchev–Trinajstić information content (AvgIpc) is 3.41. The predicted octanol–water partition coefficient (Wildman–Crippen LogP) is 2.54. The van der Waals surface area contributed by atoms with Crippen molar-refractivity contribution in [3.8, 4) is 0 Å². The number of rotatable bonds is 4. The lowest BCUT2D eigenvalue weighted by molar-refractivity contribution is -0.127. The van der Waals surface area contributed by atoms with Crippen LogP contribution in [0.1, 0.15) is 54.6 Å². The third-order valence-electron chi connectivity index (χ3n) is 5.68. The minimum atomic E-state index is -0.620. The van der Waals surface area contributed by atoms with Gasteiger partial charge in [-0.25, -0.2) is 0 Å². The average molecular weight is 378 g/mol. The molecule has 142 valence electrons. The van der Waals surface area contributed by atoms with Crippen molar-refractivity contribution < 1.29 is 19.1 Å². The molecule has 2 saturated heterocycles. The highest BCUT2D eigenvalue weighted by Crippen LogP contribution is 2.41. The third-order valence-corrected chi connectivity index (χ3v) is 6.53. The Labute approximate surface area is 157 Å². The zero-order valence-corrected chi connectivity index (χ0v) is 15.8. The SMILES string of the molecule is O=C(NC[C@@H]1CCCO1)[C@@H]1COC2(CCCCC2)N1C(=O)c1cccs1. The number of carbonyl (C=O) groups is 2. The standard InChI is InChI=1S/C19H26N2O4S/c22-17(20-12-14-6-4-10-24-14)15-13-25-19(8-2-1-3-9-19)21(15)18(23)16-7-5-11-26-16/h5,7,11,14-15H,1-4,6,8-10,12-13H2,(H,20,22)/t14-,15-/m0/s1. The molecule has 1 N–H and O–H groups in total. The van der Waals surface area contributed by atoms with E-state index in [1.807, 2.05) is 17.5 Å².